The Morgan fingerprint density at radius 3 is 2.69 bits per heavy atom. The summed E-state index contributed by atoms with van der Waals surface area (Å²) in [4.78, 5) is 0. The van der Waals surface area contributed by atoms with Crippen molar-refractivity contribution in [1.82, 2.24) is 14.8 Å². The summed E-state index contributed by atoms with van der Waals surface area (Å²) < 4.78 is 2.04. The Labute approximate surface area is 95.5 Å². The summed E-state index contributed by atoms with van der Waals surface area (Å²) in [5.41, 5.74) is 1.10. The highest BCUT2D eigenvalue weighted by Gasteiger charge is 2.08. The topological polar surface area (TPSA) is 30.7 Å². The first kappa shape index (κ1) is 10.6. The molecule has 0 fully saturated rings. The van der Waals surface area contributed by atoms with Gasteiger partial charge in [-0.15, -0.1) is 16.8 Å². The minimum Gasteiger partial charge on any atom is -0.314 e. The van der Waals surface area contributed by atoms with Gasteiger partial charge in [-0.1, -0.05) is 36.4 Å². The predicted octanol–water partition coefficient (Wildman–Crippen LogP) is 2.60. The van der Waals surface area contributed by atoms with Crippen molar-refractivity contribution < 1.29 is 0 Å². The number of nitrogens with zero attached hydrogens (tertiary/aromatic N) is 3. The van der Waals surface area contributed by atoms with Crippen molar-refractivity contribution >= 4 is 0 Å². The van der Waals surface area contributed by atoms with Crippen LogP contribution in [-0.4, -0.2) is 14.8 Å². The number of benzene rings is 1. The number of rotatable bonds is 4. The second-order valence-corrected chi connectivity index (χ2v) is 3.69. The smallest absolute Gasteiger partial charge is 0.163 e. The molecule has 3 heteroatoms. The van der Waals surface area contributed by atoms with Crippen LogP contribution >= 0.6 is 0 Å². The third-order valence-corrected chi connectivity index (χ3v) is 2.57. The summed E-state index contributed by atoms with van der Waals surface area (Å²) in [6.07, 6.45) is 3.72. The first-order chi connectivity index (χ1) is 7.83. The highest BCUT2D eigenvalue weighted by Crippen LogP contribution is 2.16. The average molecular weight is 213 g/mol. The van der Waals surface area contributed by atoms with Gasteiger partial charge in [-0.2, -0.15) is 0 Å². The molecule has 0 amide bonds. The molecule has 0 unspecified atom stereocenters. The van der Waals surface area contributed by atoms with Crippen LogP contribution in [0.25, 0.3) is 11.4 Å². The molecule has 0 saturated heterocycles. The third kappa shape index (κ3) is 2.03. The number of hydrogen-bond acceptors (Lipinski definition) is 2. The Morgan fingerprint density at radius 1 is 1.25 bits per heavy atom. The standard InChI is InChI=1S/C13H15N3/c1-3-4-10-12-14-15-13(16(12)2)11-8-6-5-7-9-11/h3,5-9H,1,4,10H2,2H3. The molecule has 16 heavy (non-hydrogen) atoms. The zero-order valence-electron chi connectivity index (χ0n) is 9.43. The van der Waals surface area contributed by atoms with Crippen molar-refractivity contribution in [2.75, 3.05) is 0 Å². The van der Waals surface area contributed by atoms with Crippen molar-refractivity contribution in [3.63, 3.8) is 0 Å². The van der Waals surface area contributed by atoms with Gasteiger partial charge in [0.1, 0.15) is 5.82 Å². The van der Waals surface area contributed by atoms with Crippen LogP contribution in [0.3, 0.4) is 0 Å². The fourth-order valence-electron chi connectivity index (χ4n) is 1.65. The second-order valence-electron chi connectivity index (χ2n) is 3.69. The zero-order valence-corrected chi connectivity index (χ0v) is 9.43. The van der Waals surface area contributed by atoms with Gasteiger partial charge in [0.2, 0.25) is 0 Å². The molecule has 0 atom stereocenters. The molecular formula is C13H15N3. The lowest BCUT2D eigenvalue weighted by Crippen LogP contribution is -1.99. The fraction of sp³-hybridized carbons (Fsp3) is 0.231. The molecule has 0 bridgehead atoms. The van der Waals surface area contributed by atoms with Crippen molar-refractivity contribution in [2.24, 2.45) is 7.05 Å². The molecule has 0 radical (unpaired) electrons. The van der Waals surface area contributed by atoms with Gasteiger partial charge in [-0.25, -0.2) is 0 Å². The highest BCUT2D eigenvalue weighted by molar-refractivity contribution is 5.54. The van der Waals surface area contributed by atoms with E-state index in [1.165, 1.54) is 0 Å². The van der Waals surface area contributed by atoms with Crippen LogP contribution in [0, 0.1) is 0 Å². The van der Waals surface area contributed by atoms with Crippen LogP contribution in [0.5, 0.6) is 0 Å². The molecule has 0 spiro atoms. The van der Waals surface area contributed by atoms with E-state index in [2.05, 4.69) is 16.8 Å². The Bertz CT molecular complexity index is 471. The van der Waals surface area contributed by atoms with Crippen LogP contribution in [0.15, 0.2) is 43.0 Å². The molecule has 3 nitrogen and oxygen atoms in total. The van der Waals surface area contributed by atoms with Crippen LogP contribution in [0.4, 0.5) is 0 Å². The second kappa shape index (κ2) is 4.75. The van der Waals surface area contributed by atoms with Gasteiger partial charge < -0.3 is 4.57 Å². The summed E-state index contributed by atoms with van der Waals surface area (Å²) in [5, 5.41) is 8.41. The average Bonchev–Trinajstić information content (AvgIpc) is 2.69. The Hall–Kier alpha value is -1.90. The minimum absolute atomic E-state index is 0.889. The molecule has 0 saturated carbocycles. The molecule has 1 heterocycles. The van der Waals surface area contributed by atoms with Gasteiger partial charge >= 0.3 is 0 Å². The maximum absolute atomic E-state index is 4.22. The Morgan fingerprint density at radius 2 is 2.00 bits per heavy atom. The molecule has 1 aromatic heterocycles. The predicted molar refractivity (Wildman–Crippen MR) is 65.0 cm³/mol. The number of allylic oxidation sites excluding steroid dienone is 1. The van der Waals surface area contributed by atoms with Gasteiger partial charge in [0, 0.05) is 19.0 Å². The van der Waals surface area contributed by atoms with Gasteiger partial charge in [0.15, 0.2) is 5.82 Å². The normalized spacial score (nSPS) is 10.3. The van der Waals surface area contributed by atoms with Gasteiger partial charge in [0.25, 0.3) is 0 Å². The first-order valence-electron chi connectivity index (χ1n) is 5.37. The zero-order chi connectivity index (χ0) is 11.4. The third-order valence-electron chi connectivity index (χ3n) is 2.57. The van der Waals surface area contributed by atoms with E-state index in [0.717, 1.165) is 30.1 Å². The van der Waals surface area contributed by atoms with Gasteiger partial charge in [-0.05, 0) is 6.42 Å². The lowest BCUT2D eigenvalue weighted by Gasteiger charge is -2.02. The summed E-state index contributed by atoms with van der Waals surface area (Å²) in [7, 11) is 2.00. The van der Waals surface area contributed by atoms with E-state index in [-0.39, 0.29) is 0 Å². The molecule has 0 N–H and O–H groups in total. The molecule has 0 aliphatic carbocycles. The quantitative estimate of drug-likeness (QED) is 0.731. The van der Waals surface area contributed by atoms with Crippen molar-refractivity contribution in [3.8, 4) is 11.4 Å². The van der Waals surface area contributed by atoms with E-state index >= 15 is 0 Å². The molecular weight excluding hydrogens is 198 g/mol. The number of aryl methyl sites for hydroxylation is 1. The van der Waals surface area contributed by atoms with Crippen molar-refractivity contribution in [3.05, 3.63) is 48.8 Å². The SMILES string of the molecule is C=CCCc1nnc(-c2ccccc2)n1C. The van der Waals surface area contributed by atoms with E-state index in [4.69, 9.17) is 0 Å². The molecule has 1 aromatic carbocycles. The van der Waals surface area contributed by atoms with Gasteiger partial charge in [0.05, 0.1) is 0 Å². The van der Waals surface area contributed by atoms with E-state index in [1.54, 1.807) is 0 Å². The lowest BCUT2D eigenvalue weighted by molar-refractivity contribution is 0.783. The molecule has 0 aliphatic rings. The first-order valence-corrected chi connectivity index (χ1v) is 5.37. The van der Waals surface area contributed by atoms with Crippen LogP contribution in [0.2, 0.25) is 0 Å². The van der Waals surface area contributed by atoms with Crippen LogP contribution in [0.1, 0.15) is 12.2 Å². The number of hydrogen-bond donors (Lipinski definition) is 0. The Balaban J connectivity index is 2.30. The summed E-state index contributed by atoms with van der Waals surface area (Å²) in [5.74, 6) is 1.92. The maximum atomic E-state index is 4.22. The maximum Gasteiger partial charge on any atom is 0.163 e. The van der Waals surface area contributed by atoms with Crippen LogP contribution in [-0.2, 0) is 13.5 Å². The summed E-state index contributed by atoms with van der Waals surface area (Å²) in [6.45, 7) is 3.71. The van der Waals surface area contributed by atoms with E-state index < -0.39 is 0 Å². The lowest BCUT2D eigenvalue weighted by atomic mass is 10.2. The summed E-state index contributed by atoms with van der Waals surface area (Å²) >= 11 is 0. The van der Waals surface area contributed by atoms with E-state index in [1.807, 2.05) is 48.0 Å². The van der Waals surface area contributed by atoms with Crippen molar-refractivity contribution in [1.29, 1.82) is 0 Å². The fourth-order valence-corrected chi connectivity index (χ4v) is 1.65. The van der Waals surface area contributed by atoms with E-state index in [0.29, 0.717) is 0 Å². The van der Waals surface area contributed by atoms with E-state index in [9.17, 15) is 0 Å². The Kier molecular flexibility index (Phi) is 3.15. The molecule has 0 aliphatic heterocycles. The monoisotopic (exact) mass is 213 g/mol. The largest absolute Gasteiger partial charge is 0.314 e. The van der Waals surface area contributed by atoms with Crippen LogP contribution < -0.4 is 0 Å². The molecule has 2 aromatic rings. The minimum atomic E-state index is 0.889. The number of aromatic nitrogens is 3. The van der Waals surface area contributed by atoms with Crippen molar-refractivity contribution in [2.45, 2.75) is 12.8 Å². The van der Waals surface area contributed by atoms with Gasteiger partial charge in [-0.3, -0.25) is 0 Å². The molecule has 2 rings (SSSR count). The highest BCUT2D eigenvalue weighted by atomic mass is 15.3. The molecule has 82 valence electrons. The summed E-state index contributed by atoms with van der Waals surface area (Å²) in [6, 6.07) is 10.1.